The van der Waals surface area contributed by atoms with Gasteiger partial charge in [0.2, 0.25) is 11.8 Å². The molecular formula is C14H14ClN5O2. The first kappa shape index (κ1) is 14.8. The third-order valence-corrected chi connectivity index (χ3v) is 3.92. The molecule has 0 aromatic carbocycles. The highest BCUT2D eigenvalue weighted by Gasteiger charge is 2.38. The molecule has 2 atom stereocenters. The first-order valence-electron chi connectivity index (χ1n) is 6.77. The monoisotopic (exact) mass is 319 g/mol. The lowest BCUT2D eigenvalue weighted by molar-refractivity contribution is 0.117. The number of aromatic nitrogens is 3. The molecule has 1 aliphatic rings. The van der Waals surface area contributed by atoms with Crippen LogP contribution < -0.4 is 4.90 Å². The summed E-state index contributed by atoms with van der Waals surface area (Å²) in [5.41, 5.74) is 0.418. The summed E-state index contributed by atoms with van der Waals surface area (Å²) in [5.74, 6) is 1.61. The number of halogens is 1. The van der Waals surface area contributed by atoms with E-state index in [1.54, 1.807) is 20.1 Å². The summed E-state index contributed by atoms with van der Waals surface area (Å²) in [7, 11) is 1.66. The first-order valence-corrected chi connectivity index (χ1v) is 7.15. The molecule has 0 spiro atoms. The van der Waals surface area contributed by atoms with Crippen LogP contribution in [0.25, 0.3) is 0 Å². The van der Waals surface area contributed by atoms with Gasteiger partial charge in [-0.2, -0.15) is 5.26 Å². The number of hydrogen-bond donors (Lipinski definition) is 0. The molecule has 0 saturated carbocycles. The van der Waals surface area contributed by atoms with Crippen molar-refractivity contribution in [2.75, 3.05) is 18.6 Å². The van der Waals surface area contributed by atoms with Gasteiger partial charge in [-0.25, -0.2) is 4.98 Å². The van der Waals surface area contributed by atoms with Crippen molar-refractivity contribution < 1.29 is 9.15 Å². The number of rotatable bonds is 3. The number of ether oxygens (including phenoxy) is 1. The summed E-state index contributed by atoms with van der Waals surface area (Å²) in [5, 5.41) is 17.3. The second-order valence-corrected chi connectivity index (χ2v) is 5.47. The van der Waals surface area contributed by atoms with E-state index in [4.69, 9.17) is 26.0 Å². The van der Waals surface area contributed by atoms with Crippen molar-refractivity contribution in [3.8, 4) is 6.07 Å². The van der Waals surface area contributed by atoms with Gasteiger partial charge in [-0.1, -0.05) is 11.6 Å². The smallest absolute Gasteiger partial charge is 0.238 e. The van der Waals surface area contributed by atoms with E-state index in [-0.39, 0.29) is 12.1 Å². The van der Waals surface area contributed by atoms with Gasteiger partial charge < -0.3 is 14.1 Å². The molecule has 3 rings (SSSR count). The van der Waals surface area contributed by atoms with Crippen LogP contribution in [-0.2, 0) is 4.74 Å². The van der Waals surface area contributed by atoms with Gasteiger partial charge in [0.15, 0.2) is 0 Å². The number of nitriles is 1. The van der Waals surface area contributed by atoms with E-state index < -0.39 is 0 Å². The zero-order valence-corrected chi connectivity index (χ0v) is 12.9. The number of methoxy groups -OCH3 is 1. The second kappa shape index (κ2) is 5.91. The van der Waals surface area contributed by atoms with Crippen LogP contribution in [0.2, 0.25) is 5.02 Å². The zero-order chi connectivity index (χ0) is 15.7. The van der Waals surface area contributed by atoms with Crippen molar-refractivity contribution in [3.05, 3.63) is 34.6 Å². The summed E-state index contributed by atoms with van der Waals surface area (Å²) in [6.45, 7) is 2.36. The Labute approximate surface area is 132 Å². The normalized spacial score (nSPS) is 21.1. The van der Waals surface area contributed by atoms with E-state index in [1.165, 1.54) is 6.20 Å². The Kier molecular flexibility index (Phi) is 3.96. The predicted molar refractivity (Wildman–Crippen MR) is 78.5 cm³/mol. The maximum atomic E-state index is 8.92. The second-order valence-electron chi connectivity index (χ2n) is 5.06. The van der Waals surface area contributed by atoms with Gasteiger partial charge >= 0.3 is 0 Å². The van der Waals surface area contributed by atoms with Crippen LogP contribution >= 0.6 is 11.6 Å². The fourth-order valence-electron chi connectivity index (χ4n) is 2.59. The molecule has 0 unspecified atom stereocenters. The molecule has 0 bridgehead atoms. The third kappa shape index (κ3) is 2.63. The van der Waals surface area contributed by atoms with Gasteiger partial charge in [0, 0.05) is 33.2 Å². The molecule has 22 heavy (non-hydrogen) atoms. The number of nitrogens with zero attached hydrogens (tertiary/aromatic N) is 5. The predicted octanol–water partition coefficient (Wildman–Crippen LogP) is 2.26. The summed E-state index contributed by atoms with van der Waals surface area (Å²) >= 11 is 6.27. The fourth-order valence-corrected chi connectivity index (χ4v) is 2.86. The van der Waals surface area contributed by atoms with Crippen molar-refractivity contribution in [3.63, 3.8) is 0 Å². The molecule has 7 nitrogen and oxygen atoms in total. The Bertz CT molecular complexity index is 726. The molecule has 0 radical (unpaired) electrons. The van der Waals surface area contributed by atoms with Gasteiger partial charge in [-0.3, -0.25) is 0 Å². The largest absolute Gasteiger partial charge is 0.423 e. The standard InChI is InChI=1S/C14H14ClN5O2/c1-8-18-19-14(22-8)12-4-10(21-2)7-20(12)13-11(15)3-9(5-16)6-17-13/h3,6,10,12H,4,7H2,1-2H3/t10-,12-/m1/s1. The van der Waals surface area contributed by atoms with Gasteiger partial charge in [0.1, 0.15) is 17.9 Å². The molecule has 1 saturated heterocycles. The molecule has 2 aromatic heterocycles. The van der Waals surface area contributed by atoms with Crippen LogP contribution in [0, 0.1) is 18.3 Å². The van der Waals surface area contributed by atoms with Crippen molar-refractivity contribution in [2.24, 2.45) is 0 Å². The minimum Gasteiger partial charge on any atom is -0.423 e. The lowest BCUT2D eigenvalue weighted by atomic mass is 10.2. The maximum absolute atomic E-state index is 8.92. The van der Waals surface area contributed by atoms with Crippen LogP contribution in [-0.4, -0.2) is 34.9 Å². The molecular weight excluding hydrogens is 306 g/mol. The number of aryl methyl sites for hydroxylation is 1. The zero-order valence-electron chi connectivity index (χ0n) is 12.2. The molecule has 0 amide bonds. The molecule has 2 aromatic rings. The Morgan fingerprint density at radius 3 is 2.91 bits per heavy atom. The van der Waals surface area contributed by atoms with Crippen molar-refractivity contribution in [1.82, 2.24) is 15.2 Å². The van der Waals surface area contributed by atoms with Crippen LogP contribution in [0.3, 0.4) is 0 Å². The number of anilines is 1. The third-order valence-electron chi connectivity index (χ3n) is 3.65. The van der Waals surface area contributed by atoms with E-state index >= 15 is 0 Å². The molecule has 0 N–H and O–H groups in total. The van der Waals surface area contributed by atoms with E-state index in [2.05, 4.69) is 15.2 Å². The first-order chi connectivity index (χ1) is 10.6. The fraction of sp³-hybridized carbons (Fsp3) is 0.429. The topological polar surface area (TPSA) is 88.1 Å². The lowest BCUT2D eigenvalue weighted by Gasteiger charge is -2.23. The van der Waals surface area contributed by atoms with Crippen molar-refractivity contribution in [2.45, 2.75) is 25.5 Å². The van der Waals surface area contributed by atoms with Gasteiger partial charge in [-0.15, -0.1) is 10.2 Å². The van der Waals surface area contributed by atoms with E-state index in [1.807, 2.05) is 11.0 Å². The summed E-state index contributed by atoms with van der Waals surface area (Å²) in [6.07, 6.45) is 2.22. The lowest BCUT2D eigenvalue weighted by Crippen LogP contribution is -2.26. The summed E-state index contributed by atoms with van der Waals surface area (Å²) < 4.78 is 11.0. The maximum Gasteiger partial charge on any atom is 0.238 e. The minimum atomic E-state index is -0.149. The quantitative estimate of drug-likeness (QED) is 0.857. The Morgan fingerprint density at radius 1 is 1.50 bits per heavy atom. The van der Waals surface area contributed by atoms with Crippen molar-refractivity contribution in [1.29, 1.82) is 5.26 Å². The Hall–Kier alpha value is -2.17. The van der Waals surface area contributed by atoms with Gasteiger partial charge in [-0.05, 0) is 6.07 Å². The molecule has 1 fully saturated rings. The minimum absolute atomic E-state index is 0.0192. The van der Waals surface area contributed by atoms with Crippen LogP contribution in [0.4, 0.5) is 5.82 Å². The highest BCUT2D eigenvalue weighted by Crippen LogP contribution is 2.38. The highest BCUT2D eigenvalue weighted by molar-refractivity contribution is 6.33. The highest BCUT2D eigenvalue weighted by atomic mass is 35.5. The molecule has 1 aliphatic heterocycles. The average Bonchev–Trinajstić information content (AvgIpc) is 3.13. The number of pyridine rings is 1. The van der Waals surface area contributed by atoms with Crippen LogP contribution in [0.1, 0.15) is 29.8 Å². The van der Waals surface area contributed by atoms with E-state index in [0.29, 0.717) is 41.2 Å². The van der Waals surface area contributed by atoms with Crippen LogP contribution in [0.15, 0.2) is 16.7 Å². The van der Waals surface area contributed by atoms with E-state index in [0.717, 1.165) is 0 Å². The molecule has 0 aliphatic carbocycles. The Morgan fingerprint density at radius 2 is 2.32 bits per heavy atom. The summed E-state index contributed by atoms with van der Waals surface area (Å²) in [4.78, 5) is 6.29. The number of hydrogen-bond acceptors (Lipinski definition) is 7. The van der Waals surface area contributed by atoms with Gasteiger partial charge in [0.25, 0.3) is 0 Å². The van der Waals surface area contributed by atoms with Crippen LogP contribution in [0.5, 0.6) is 0 Å². The van der Waals surface area contributed by atoms with Crippen molar-refractivity contribution >= 4 is 17.4 Å². The molecule has 114 valence electrons. The average molecular weight is 320 g/mol. The molecule has 3 heterocycles. The Balaban J connectivity index is 1.97. The van der Waals surface area contributed by atoms with E-state index in [9.17, 15) is 0 Å². The summed E-state index contributed by atoms with van der Waals surface area (Å²) in [6, 6.07) is 3.47. The molecule has 8 heteroatoms. The SMILES string of the molecule is CO[C@@H]1C[C@H](c2nnc(C)o2)N(c2ncc(C#N)cc2Cl)C1. The van der Waals surface area contributed by atoms with Gasteiger partial charge in [0.05, 0.1) is 16.7 Å².